The van der Waals surface area contributed by atoms with Crippen molar-refractivity contribution in [2.24, 2.45) is 5.73 Å². The highest BCUT2D eigenvalue weighted by atomic mass is 16.1. The zero-order chi connectivity index (χ0) is 16.4. The van der Waals surface area contributed by atoms with Gasteiger partial charge in [0.05, 0.1) is 11.1 Å². The third kappa shape index (κ3) is 3.37. The number of hydrogen-bond acceptors (Lipinski definition) is 3. The molecule has 1 aliphatic carbocycles. The second-order valence-electron chi connectivity index (χ2n) is 6.64. The van der Waals surface area contributed by atoms with Gasteiger partial charge in [0, 0.05) is 29.1 Å². The molecule has 1 amide bonds. The Balaban J connectivity index is 1.90. The molecule has 23 heavy (non-hydrogen) atoms. The van der Waals surface area contributed by atoms with Gasteiger partial charge in [-0.25, -0.2) is 0 Å². The van der Waals surface area contributed by atoms with Crippen molar-refractivity contribution < 1.29 is 4.79 Å². The first-order valence-corrected chi connectivity index (χ1v) is 8.53. The van der Waals surface area contributed by atoms with Gasteiger partial charge in [-0.05, 0) is 37.8 Å². The Morgan fingerprint density at radius 3 is 2.65 bits per heavy atom. The number of pyridine rings is 1. The molecular formula is C19H25N3O. The number of carbonyl (C=O) groups excluding carboxylic acids is 1. The van der Waals surface area contributed by atoms with Gasteiger partial charge >= 0.3 is 0 Å². The van der Waals surface area contributed by atoms with Gasteiger partial charge in [-0.2, -0.15) is 0 Å². The average molecular weight is 311 g/mol. The molecule has 0 radical (unpaired) electrons. The Morgan fingerprint density at radius 2 is 2.00 bits per heavy atom. The van der Waals surface area contributed by atoms with Crippen LogP contribution in [-0.4, -0.2) is 23.0 Å². The summed E-state index contributed by atoms with van der Waals surface area (Å²) in [6.07, 6.45) is 4.02. The highest BCUT2D eigenvalue weighted by molar-refractivity contribution is 6.06. The topological polar surface area (TPSA) is 68.0 Å². The van der Waals surface area contributed by atoms with Crippen LogP contribution in [0.25, 0.3) is 10.9 Å². The zero-order valence-electron chi connectivity index (χ0n) is 13.9. The van der Waals surface area contributed by atoms with Crippen LogP contribution in [-0.2, 0) is 0 Å². The largest absolute Gasteiger partial charge is 0.350 e. The van der Waals surface area contributed by atoms with Gasteiger partial charge in [-0.15, -0.1) is 0 Å². The smallest absolute Gasteiger partial charge is 0.252 e. The van der Waals surface area contributed by atoms with Gasteiger partial charge in [0.25, 0.3) is 5.91 Å². The van der Waals surface area contributed by atoms with Crippen molar-refractivity contribution in [3.8, 4) is 0 Å². The van der Waals surface area contributed by atoms with Crippen LogP contribution >= 0.6 is 0 Å². The summed E-state index contributed by atoms with van der Waals surface area (Å²) in [6.45, 7) is 4.61. The summed E-state index contributed by atoms with van der Waals surface area (Å²) in [4.78, 5) is 17.5. The summed E-state index contributed by atoms with van der Waals surface area (Å²) in [7, 11) is 0. The number of hydrogen-bond donors (Lipinski definition) is 2. The molecule has 2 aromatic rings. The summed E-state index contributed by atoms with van der Waals surface area (Å²) in [5.74, 6) is 0.466. The number of rotatable bonds is 6. The number of benzene rings is 1. The number of nitrogens with one attached hydrogen (secondary N) is 1. The van der Waals surface area contributed by atoms with Crippen molar-refractivity contribution in [2.45, 2.75) is 51.0 Å². The van der Waals surface area contributed by atoms with Crippen LogP contribution in [0.15, 0.2) is 30.3 Å². The Hall–Kier alpha value is -1.94. The predicted octanol–water partition coefficient (Wildman–Crippen LogP) is 3.36. The quantitative estimate of drug-likeness (QED) is 0.859. The van der Waals surface area contributed by atoms with E-state index in [2.05, 4.69) is 19.2 Å². The lowest BCUT2D eigenvalue weighted by Gasteiger charge is -2.27. The minimum absolute atomic E-state index is 0.0535. The number of amides is 1. The van der Waals surface area contributed by atoms with E-state index in [1.54, 1.807) is 0 Å². The van der Waals surface area contributed by atoms with Crippen LogP contribution in [0.2, 0.25) is 0 Å². The molecule has 1 saturated carbocycles. The van der Waals surface area contributed by atoms with Gasteiger partial charge < -0.3 is 11.1 Å². The van der Waals surface area contributed by atoms with E-state index >= 15 is 0 Å². The molecule has 1 aromatic heterocycles. The molecule has 4 heteroatoms. The normalized spacial score (nSPS) is 14.9. The SMILES string of the molecule is CCC(N)(CC)CNC(=O)c1cc(C2CC2)nc2ccccc12. The molecule has 0 aliphatic heterocycles. The zero-order valence-corrected chi connectivity index (χ0v) is 13.9. The van der Waals surface area contributed by atoms with E-state index in [1.807, 2.05) is 30.3 Å². The number of fused-ring (bicyclic) bond motifs is 1. The van der Waals surface area contributed by atoms with E-state index in [0.717, 1.165) is 29.4 Å². The molecule has 1 aliphatic rings. The van der Waals surface area contributed by atoms with E-state index in [1.165, 1.54) is 12.8 Å². The van der Waals surface area contributed by atoms with Crippen LogP contribution in [0.3, 0.4) is 0 Å². The highest BCUT2D eigenvalue weighted by Gasteiger charge is 2.27. The Morgan fingerprint density at radius 1 is 1.30 bits per heavy atom. The fourth-order valence-electron chi connectivity index (χ4n) is 2.82. The van der Waals surface area contributed by atoms with Gasteiger partial charge in [-0.3, -0.25) is 9.78 Å². The lowest BCUT2D eigenvalue weighted by Crippen LogP contribution is -2.49. The Kier molecular flexibility index (Phi) is 4.35. The van der Waals surface area contributed by atoms with Crippen LogP contribution in [0, 0.1) is 0 Å². The molecule has 0 saturated heterocycles. The summed E-state index contributed by atoms with van der Waals surface area (Å²) in [5.41, 5.74) is 8.61. The van der Waals surface area contributed by atoms with Crippen molar-refractivity contribution >= 4 is 16.8 Å². The first kappa shape index (κ1) is 15.9. The van der Waals surface area contributed by atoms with E-state index < -0.39 is 0 Å². The van der Waals surface area contributed by atoms with E-state index in [-0.39, 0.29) is 11.4 Å². The Labute approximate surface area is 137 Å². The Bertz CT molecular complexity index is 718. The second kappa shape index (κ2) is 6.28. The first-order valence-electron chi connectivity index (χ1n) is 8.53. The minimum atomic E-state index is -0.335. The predicted molar refractivity (Wildman–Crippen MR) is 93.6 cm³/mol. The van der Waals surface area contributed by atoms with Crippen LogP contribution in [0.5, 0.6) is 0 Å². The van der Waals surface area contributed by atoms with Crippen molar-refractivity contribution in [2.75, 3.05) is 6.54 Å². The summed E-state index contributed by atoms with van der Waals surface area (Å²) in [6, 6.07) is 9.81. The van der Waals surface area contributed by atoms with Crippen molar-refractivity contribution in [1.29, 1.82) is 0 Å². The monoisotopic (exact) mass is 311 g/mol. The fraction of sp³-hybridized carbons (Fsp3) is 0.474. The lowest BCUT2D eigenvalue weighted by atomic mass is 9.94. The molecule has 0 bridgehead atoms. The maximum absolute atomic E-state index is 12.7. The molecule has 0 unspecified atom stereocenters. The van der Waals surface area contributed by atoms with Gasteiger partial charge in [0.2, 0.25) is 0 Å². The molecule has 0 spiro atoms. The highest BCUT2D eigenvalue weighted by Crippen LogP contribution is 2.40. The third-order valence-electron chi connectivity index (χ3n) is 4.99. The molecule has 3 rings (SSSR count). The molecular weight excluding hydrogens is 286 g/mol. The van der Waals surface area contributed by atoms with Gasteiger partial charge in [-0.1, -0.05) is 32.0 Å². The number of aromatic nitrogens is 1. The molecule has 0 atom stereocenters. The molecule has 1 heterocycles. The minimum Gasteiger partial charge on any atom is -0.350 e. The third-order valence-corrected chi connectivity index (χ3v) is 4.99. The van der Waals surface area contributed by atoms with Gasteiger partial charge in [0.1, 0.15) is 0 Å². The number of carbonyl (C=O) groups is 1. The van der Waals surface area contributed by atoms with E-state index in [0.29, 0.717) is 18.0 Å². The second-order valence-corrected chi connectivity index (χ2v) is 6.64. The summed E-state index contributed by atoms with van der Waals surface area (Å²) >= 11 is 0. The van der Waals surface area contributed by atoms with E-state index in [9.17, 15) is 4.79 Å². The van der Waals surface area contributed by atoms with Crippen LogP contribution in [0.1, 0.15) is 61.5 Å². The average Bonchev–Trinajstić information content (AvgIpc) is 3.43. The number of para-hydroxylation sites is 1. The van der Waals surface area contributed by atoms with Crippen LogP contribution < -0.4 is 11.1 Å². The number of nitrogens with two attached hydrogens (primary N) is 1. The standard InChI is InChI=1S/C19H25N3O/c1-3-19(20,4-2)12-21-18(23)15-11-17(13-9-10-13)22-16-8-6-5-7-14(15)16/h5-8,11,13H,3-4,9-10,12,20H2,1-2H3,(H,21,23). The van der Waals surface area contributed by atoms with Crippen LogP contribution in [0.4, 0.5) is 0 Å². The molecule has 122 valence electrons. The fourth-order valence-corrected chi connectivity index (χ4v) is 2.82. The molecule has 1 fully saturated rings. The maximum Gasteiger partial charge on any atom is 0.252 e. The molecule has 1 aromatic carbocycles. The first-order chi connectivity index (χ1) is 11.1. The van der Waals surface area contributed by atoms with Gasteiger partial charge in [0.15, 0.2) is 0 Å². The van der Waals surface area contributed by atoms with Crippen molar-refractivity contribution in [1.82, 2.24) is 10.3 Å². The number of nitrogens with zero attached hydrogens (tertiary/aromatic N) is 1. The summed E-state index contributed by atoms with van der Waals surface area (Å²) in [5, 5.41) is 3.94. The van der Waals surface area contributed by atoms with Crippen molar-refractivity contribution in [3.63, 3.8) is 0 Å². The maximum atomic E-state index is 12.7. The van der Waals surface area contributed by atoms with E-state index in [4.69, 9.17) is 10.7 Å². The lowest BCUT2D eigenvalue weighted by molar-refractivity contribution is 0.0943. The molecule has 4 nitrogen and oxygen atoms in total. The van der Waals surface area contributed by atoms with Crippen molar-refractivity contribution in [3.05, 3.63) is 41.6 Å². The summed E-state index contributed by atoms with van der Waals surface area (Å²) < 4.78 is 0. The molecule has 3 N–H and O–H groups in total.